The Morgan fingerprint density at radius 2 is 2.38 bits per heavy atom. The van der Waals surface area contributed by atoms with Gasteiger partial charge in [-0.2, -0.15) is 0 Å². The highest BCUT2D eigenvalue weighted by Crippen LogP contribution is 2.23. The van der Waals surface area contributed by atoms with Gasteiger partial charge in [0.2, 0.25) is 0 Å². The highest BCUT2D eigenvalue weighted by molar-refractivity contribution is 7.09. The minimum atomic E-state index is 0.406. The van der Waals surface area contributed by atoms with E-state index < -0.39 is 0 Å². The van der Waals surface area contributed by atoms with Crippen molar-refractivity contribution in [1.29, 1.82) is 0 Å². The minimum absolute atomic E-state index is 0.406. The Labute approximate surface area is 102 Å². The van der Waals surface area contributed by atoms with Crippen molar-refractivity contribution < 1.29 is 0 Å². The second kappa shape index (κ2) is 5.25. The van der Waals surface area contributed by atoms with E-state index in [4.69, 9.17) is 5.73 Å². The Hall–Kier alpha value is -0.450. The van der Waals surface area contributed by atoms with Gasteiger partial charge in [-0.15, -0.1) is 11.3 Å². The van der Waals surface area contributed by atoms with Gasteiger partial charge in [-0.1, -0.05) is 6.42 Å². The lowest BCUT2D eigenvalue weighted by atomic mass is 9.91. The van der Waals surface area contributed by atoms with Crippen LogP contribution in [0.25, 0.3) is 0 Å². The smallest absolute Gasteiger partial charge is 0.0798 e. The third-order valence-electron chi connectivity index (χ3n) is 3.55. The normalized spacial score (nSPS) is 26.2. The van der Waals surface area contributed by atoms with Gasteiger partial charge in [0.15, 0.2) is 0 Å². The molecule has 1 saturated carbocycles. The lowest BCUT2D eigenvalue weighted by Gasteiger charge is -2.33. The average Bonchev–Trinajstić information content (AvgIpc) is 2.64. The first kappa shape index (κ1) is 12.0. The van der Waals surface area contributed by atoms with E-state index in [2.05, 4.69) is 23.9 Å². The van der Waals surface area contributed by atoms with Gasteiger partial charge in [-0.25, -0.2) is 4.98 Å². The number of nitrogens with zero attached hydrogens (tertiary/aromatic N) is 2. The van der Waals surface area contributed by atoms with E-state index in [1.54, 1.807) is 11.3 Å². The maximum atomic E-state index is 6.03. The molecule has 0 aromatic carbocycles. The topological polar surface area (TPSA) is 42.2 Å². The van der Waals surface area contributed by atoms with Crippen LogP contribution in [0.4, 0.5) is 0 Å². The predicted octanol–water partition coefficient (Wildman–Crippen LogP) is 2.15. The molecule has 0 saturated heterocycles. The van der Waals surface area contributed by atoms with Crippen LogP contribution in [0.5, 0.6) is 0 Å². The van der Waals surface area contributed by atoms with Crippen molar-refractivity contribution in [2.75, 3.05) is 7.05 Å². The third kappa shape index (κ3) is 2.81. The lowest BCUT2D eigenvalue weighted by molar-refractivity contribution is 0.174. The van der Waals surface area contributed by atoms with Crippen molar-refractivity contribution in [3.63, 3.8) is 0 Å². The van der Waals surface area contributed by atoms with Gasteiger partial charge in [0.25, 0.3) is 0 Å². The van der Waals surface area contributed by atoms with Gasteiger partial charge in [0.1, 0.15) is 0 Å². The summed E-state index contributed by atoms with van der Waals surface area (Å²) in [7, 11) is 2.21. The van der Waals surface area contributed by atoms with Crippen LogP contribution in [-0.2, 0) is 6.54 Å². The van der Waals surface area contributed by atoms with E-state index >= 15 is 0 Å². The maximum Gasteiger partial charge on any atom is 0.0798 e. The molecule has 0 amide bonds. The molecule has 0 spiro atoms. The highest BCUT2D eigenvalue weighted by atomic mass is 32.1. The fourth-order valence-electron chi connectivity index (χ4n) is 2.43. The summed E-state index contributed by atoms with van der Waals surface area (Å²) in [4.78, 5) is 8.13. The van der Waals surface area contributed by atoms with Gasteiger partial charge < -0.3 is 5.73 Å². The van der Waals surface area contributed by atoms with Crippen LogP contribution in [0.15, 0.2) is 5.51 Å². The molecule has 2 rings (SSSR count). The van der Waals surface area contributed by atoms with Gasteiger partial charge in [0.05, 0.1) is 11.2 Å². The standard InChI is InChI=1S/C12H21N3S/c1-9-12(16-8-14-9)7-15(2)11-5-3-4-10(13)6-11/h8,10-11H,3-7,13H2,1-2H3. The molecular weight excluding hydrogens is 218 g/mol. The first-order valence-electron chi connectivity index (χ1n) is 6.01. The number of rotatable bonds is 3. The number of hydrogen-bond donors (Lipinski definition) is 1. The quantitative estimate of drug-likeness (QED) is 0.879. The van der Waals surface area contributed by atoms with Crippen LogP contribution in [0, 0.1) is 6.92 Å². The van der Waals surface area contributed by atoms with Crippen molar-refractivity contribution in [2.24, 2.45) is 5.73 Å². The number of hydrogen-bond acceptors (Lipinski definition) is 4. The predicted molar refractivity (Wildman–Crippen MR) is 68.5 cm³/mol. The summed E-state index contributed by atoms with van der Waals surface area (Å²) in [5, 5.41) is 0. The third-order valence-corrected chi connectivity index (χ3v) is 4.47. The Kier molecular flexibility index (Phi) is 3.95. The zero-order chi connectivity index (χ0) is 11.5. The van der Waals surface area contributed by atoms with Gasteiger partial charge in [0, 0.05) is 23.5 Å². The molecule has 0 aliphatic heterocycles. The molecule has 1 heterocycles. The largest absolute Gasteiger partial charge is 0.328 e. The molecule has 1 aromatic heterocycles. The second-order valence-corrected chi connectivity index (χ2v) is 5.80. The molecule has 2 N–H and O–H groups in total. The summed E-state index contributed by atoms with van der Waals surface area (Å²) >= 11 is 1.76. The molecule has 0 radical (unpaired) electrons. The van der Waals surface area contributed by atoms with E-state index in [1.165, 1.54) is 29.8 Å². The van der Waals surface area contributed by atoms with Crippen molar-refractivity contribution in [3.05, 3.63) is 16.1 Å². The van der Waals surface area contributed by atoms with Crippen molar-refractivity contribution >= 4 is 11.3 Å². The van der Waals surface area contributed by atoms with E-state index in [-0.39, 0.29) is 0 Å². The van der Waals surface area contributed by atoms with Crippen LogP contribution in [0.1, 0.15) is 36.3 Å². The monoisotopic (exact) mass is 239 g/mol. The fraction of sp³-hybridized carbons (Fsp3) is 0.750. The van der Waals surface area contributed by atoms with Crippen molar-refractivity contribution in [1.82, 2.24) is 9.88 Å². The maximum absolute atomic E-state index is 6.03. The summed E-state index contributed by atoms with van der Waals surface area (Å²) in [5.41, 5.74) is 9.14. The Morgan fingerprint density at radius 3 is 3.00 bits per heavy atom. The lowest BCUT2D eigenvalue weighted by Crippen LogP contribution is -2.40. The van der Waals surface area contributed by atoms with Gasteiger partial charge in [-0.3, -0.25) is 4.90 Å². The van der Waals surface area contributed by atoms with Crippen LogP contribution >= 0.6 is 11.3 Å². The van der Waals surface area contributed by atoms with Crippen LogP contribution < -0.4 is 5.73 Å². The SMILES string of the molecule is Cc1ncsc1CN(C)C1CCCC(N)C1. The number of nitrogens with two attached hydrogens (primary N) is 1. The summed E-state index contributed by atoms with van der Waals surface area (Å²) in [6.07, 6.45) is 4.91. The summed E-state index contributed by atoms with van der Waals surface area (Å²) in [6, 6.07) is 1.06. The van der Waals surface area contributed by atoms with Gasteiger partial charge in [-0.05, 0) is 33.2 Å². The summed E-state index contributed by atoms with van der Waals surface area (Å²) in [6.45, 7) is 3.11. The number of thiazole rings is 1. The average molecular weight is 239 g/mol. The molecule has 2 atom stereocenters. The van der Waals surface area contributed by atoms with Crippen molar-refractivity contribution in [2.45, 2.75) is 51.2 Å². The molecule has 90 valence electrons. The molecular formula is C12H21N3S. The van der Waals surface area contributed by atoms with E-state index in [1.807, 2.05) is 5.51 Å². The first-order valence-corrected chi connectivity index (χ1v) is 6.89. The molecule has 1 fully saturated rings. The van der Waals surface area contributed by atoms with Crippen LogP contribution in [0.2, 0.25) is 0 Å². The Morgan fingerprint density at radius 1 is 1.56 bits per heavy atom. The number of aryl methyl sites for hydroxylation is 1. The molecule has 2 unspecified atom stereocenters. The second-order valence-electron chi connectivity index (χ2n) is 4.86. The minimum Gasteiger partial charge on any atom is -0.328 e. The fourth-order valence-corrected chi connectivity index (χ4v) is 3.27. The number of aromatic nitrogens is 1. The molecule has 3 nitrogen and oxygen atoms in total. The van der Waals surface area contributed by atoms with E-state index in [9.17, 15) is 0 Å². The summed E-state index contributed by atoms with van der Waals surface area (Å²) < 4.78 is 0. The zero-order valence-corrected chi connectivity index (χ0v) is 11.0. The molecule has 16 heavy (non-hydrogen) atoms. The molecule has 0 bridgehead atoms. The van der Waals surface area contributed by atoms with Gasteiger partial charge >= 0.3 is 0 Å². The zero-order valence-electron chi connectivity index (χ0n) is 10.1. The Balaban J connectivity index is 1.92. The van der Waals surface area contributed by atoms with E-state index in [0.29, 0.717) is 12.1 Å². The summed E-state index contributed by atoms with van der Waals surface area (Å²) in [5.74, 6) is 0. The molecule has 1 aliphatic rings. The first-order chi connectivity index (χ1) is 7.66. The van der Waals surface area contributed by atoms with Crippen LogP contribution in [-0.4, -0.2) is 29.0 Å². The Bertz CT molecular complexity index is 337. The van der Waals surface area contributed by atoms with Crippen molar-refractivity contribution in [3.8, 4) is 0 Å². The molecule has 1 aliphatic carbocycles. The van der Waals surface area contributed by atoms with E-state index in [0.717, 1.165) is 13.0 Å². The van der Waals surface area contributed by atoms with Crippen LogP contribution in [0.3, 0.4) is 0 Å². The molecule has 1 aromatic rings. The highest BCUT2D eigenvalue weighted by Gasteiger charge is 2.23. The molecule has 4 heteroatoms.